The summed E-state index contributed by atoms with van der Waals surface area (Å²) >= 11 is 0. The number of carbonyl (C=O) groups is 1. The molecule has 33 heavy (non-hydrogen) atoms. The van der Waals surface area contributed by atoms with Crippen LogP contribution < -0.4 is 14.8 Å². The van der Waals surface area contributed by atoms with Gasteiger partial charge in [-0.15, -0.1) is 5.10 Å². The molecule has 1 atom stereocenters. The van der Waals surface area contributed by atoms with Crippen molar-refractivity contribution >= 4 is 5.91 Å². The summed E-state index contributed by atoms with van der Waals surface area (Å²) in [6.45, 7) is 5.06. The molecule has 1 saturated heterocycles. The van der Waals surface area contributed by atoms with Crippen molar-refractivity contribution in [3.63, 3.8) is 0 Å². The maximum Gasteiger partial charge on any atom is 0.273 e. The molecular formula is C24H29N5O4. The van der Waals surface area contributed by atoms with Gasteiger partial charge in [0.25, 0.3) is 5.91 Å². The monoisotopic (exact) mass is 451 g/mol. The molecular weight excluding hydrogens is 422 g/mol. The molecule has 3 aromatic rings. The second-order valence-electron chi connectivity index (χ2n) is 7.75. The Hall–Kier alpha value is -3.43. The van der Waals surface area contributed by atoms with Crippen molar-refractivity contribution in [2.75, 3.05) is 47.1 Å². The minimum absolute atomic E-state index is 0.0536. The minimum atomic E-state index is -0.256. The highest BCUT2D eigenvalue weighted by molar-refractivity contribution is 5.93. The van der Waals surface area contributed by atoms with E-state index in [1.807, 2.05) is 48.5 Å². The van der Waals surface area contributed by atoms with E-state index in [0.717, 1.165) is 24.3 Å². The van der Waals surface area contributed by atoms with E-state index < -0.39 is 0 Å². The minimum Gasteiger partial charge on any atom is -0.493 e. The fourth-order valence-corrected chi connectivity index (χ4v) is 3.95. The van der Waals surface area contributed by atoms with Crippen LogP contribution in [0.5, 0.6) is 11.5 Å². The van der Waals surface area contributed by atoms with Gasteiger partial charge in [-0.3, -0.25) is 9.69 Å². The summed E-state index contributed by atoms with van der Waals surface area (Å²) in [5, 5.41) is 11.9. The number of aromatic nitrogens is 3. The molecule has 0 radical (unpaired) electrons. The molecule has 1 fully saturated rings. The zero-order valence-electron chi connectivity index (χ0n) is 19.2. The molecule has 9 nitrogen and oxygen atoms in total. The van der Waals surface area contributed by atoms with Gasteiger partial charge in [-0.25, -0.2) is 0 Å². The Morgan fingerprint density at radius 1 is 1.06 bits per heavy atom. The highest BCUT2D eigenvalue weighted by Crippen LogP contribution is 2.32. The summed E-state index contributed by atoms with van der Waals surface area (Å²) in [6, 6.07) is 15.3. The molecule has 1 aliphatic rings. The fraction of sp³-hybridized carbons (Fsp3) is 0.375. The number of morpholine rings is 1. The van der Waals surface area contributed by atoms with Crippen molar-refractivity contribution in [3.05, 3.63) is 65.5 Å². The van der Waals surface area contributed by atoms with Crippen LogP contribution in [-0.2, 0) is 4.74 Å². The number of benzene rings is 2. The van der Waals surface area contributed by atoms with Crippen LogP contribution >= 0.6 is 0 Å². The average Bonchev–Trinajstić information content (AvgIpc) is 3.26. The number of amides is 1. The predicted molar refractivity (Wildman–Crippen MR) is 123 cm³/mol. The van der Waals surface area contributed by atoms with E-state index in [1.165, 1.54) is 4.80 Å². The smallest absolute Gasteiger partial charge is 0.273 e. The quantitative estimate of drug-likeness (QED) is 0.562. The maximum atomic E-state index is 13.0. The van der Waals surface area contributed by atoms with Gasteiger partial charge >= 0.3 is 0 Å². The zero-order chi connectivity index (χ0) is 23.2. The Bertz CT molecular complexity index is 1080. The summed E-state index contributed by atoms with van der Waals surface area (Å²) < 4.78 is 16.4. The normalized spacial score (nSPS) is 15.1. The number of nitrogens with zero attached hydrogens (tertiary/aromatic N) is 4. The van der Waals surface area contributed by atoms with Gasteiger partial charge in [0.05, 0.1) is 44.9 Å². The lowest BCUT2D eigenvalue weighted by Crippen LogP contribution is -2.44. The van der Waals surface area contributed by atoms with E-state index in [2.05, 4.69) is 20.4 Å². The van der Waals surface area contributed by atoms with E-state index in [4.69, 9.17) is 14.2 Å². The Balaban J connectivity index is 1.54. The number of para-hydroxylation sites is 1. The third-order valence-electron chi connectivity index (χ3n) is 5.72. The Morgan fingerprint density at radius 3 is 2.48 bits per heavy atom. The lowest BCUT2D eigenvalue weighted by Gasteiger charge is -2.35. The Kier molecular flexibility index (Phi) is 7.21. The Labute approximate surface area is 193 Å². The highest BCUT2D eigenvalue weighted by Gasteiger charge is 2.25. The molecule has 0 saturated carbocycles. The standard InChI is InChI=1S/C24H29N5O4/c1-17-23(27-29(26-17)19-7-5-4-6-8-19)24(30)25-16-20(28-11-13-33-14-12-28)18-9-10-21(31-2)22(15-18)32-3/h4-10,15,20H,11-14,16H2,1-3H3,(H,25,30). The number of carbonyl (C=O) groups excluding carboxylic acids is 1. The zero-order valence-corrected chi connectivity index (χ0v) is 19.2. The molecule has 2 aromatic carbocycles. The van der Waals surface area contributed by atoms with Gasteiger partial charge in [0.15, 0.2) is 17.2 Å². The molecule has 9 heteroatoms. The summed E-state index contributed by atoms with van der Waals surface area (Å²) in [7, 11) is 3.23. The van der Waals surface area contributed by atoms with E-state index in [0.29, 0.717) is 42.6 Å². The number of ether oxygens (including phenoxy) is 3. The molecule has 1 unspecified atom stereocenters. The van der Waals surface area contributed by atoms with Crippen molar-refractivity contribution in [1.29, 1.82) is 0 Å². The van der Waals surface area contributed by atoms with Crippen molar-refractivity contribution in [2.45, 2.75) is 13.0 Å². The van der Waals surface area contributed by atoms with Gasteiger partial charge in [-0.05, 0) is 36.8 Å². The van der Waals surface area contributed by atoms with Gasteiger partial charge < -0.3 is 19.5 Å². The molecule has 2 heterocycles. The van der Waals surface area contributed by atoms with Crippen LogP contribution in [0.4, 0.5) is 0 Å². The van der Waals surface area contributed by atoms with Gasteiger partial charge in [0.1, 0.15) is 0 Å². The predicted octanol–water partition coefficient (Wildman–Crippen LogP) is 2.40. The fourth-order valence-electron chi connectivity index (χ4n) is 3.95. The third kappa shape index (κ3) is 5.15. The second kappa shape index (κ2) is 10.5. The number of methoxy groups -OCH3 is 2. The van der Waals surface area contributed by atoms with E-state index in [-0.39, 0.29) is 11.9 Å². The lowest BCUT2D eigenvalue weighted by atomic mass is 10.0. The molecule has 174 valence electrons. The van der Waals surface area contributed by atoms with Gasteiger partial charge in [-0.2, -0.15) is 9.90 Å². The van der Waals surface area contributed by atoms with Crippen LogP contribution in [0.3, 0.4) is 0 Å². The maximum absolute atomic E-state index is 13.0. The van der Waals surface area contributed by atoms with Gasteiger partial charge in [-0.1, -0.05) is 24.3 Å². The van der Waals surface area contributed by atoms with Crippen molar-refractivity contribution in [2.24, 2.45) is 0 Å². The topological polar surface area (TPSA) is 90.7 Å². The molecule has 0 bridgehead atoms. The molecule has 1 amide bonds. The first-order valence-corrected chi connectivity index (χ1v) is 10.9. The number of hydrogen-bond donors (Lipinski definition) is 1. The second-order valence-corrected chi connectivity index (χ2v) is 7.75. The first-order valence-electron chi connectivity index (χ1n) is 10.9. The first kappa shape index (κ1) is 22.8. The largest absolute Gasteiger partial charge is 0.493 e. The van der Waals surface area contributed by atoms with Crippen molar-refractivity contribution < 1.29 is 19.0 Å². The van der Waals surface area contributed by atoms with Crippen molar-refractivity contribution in [3.8, 4) is 17.2 Å². The summed E-state index contributed by atoms with van der Waals surface area (Å²) in [5.41, 5.74) is 2.72. The molecule has 1 N–H and O–H groups in total. The first-order chi connectivity index (χ1) is 16.1. The SMILES string of the molecule is COc1ccc(C(CNC(=O)c2nn(-c3ccccc3)nc2C)N2CCOCC2)cc1OC. The molecule has 4 rings (SSSR count). The molecule has 1 aromatic heterocycles. The van der Waals surface area contributed by atoms with E-state index in [9.17, 15) is 4.79 Å². The van der Waals surface area contributed by atoms with Crippen LogP contribution in [0.15, 0.2) is 48.5 Å². The van der Waals surface area contributed by atoms with Crippen LogP contribution in [0, 0.1) is 6.92 Å². The molecule has 0 aliphatic carbocycles. The van der Waals surface area contributed by atoms with Crippen LogP contribution in [0.1, 0.15) is 27.8 Å². The summed E-state index contributed by atoms with van der Waals surface area (Å²) in [5.74, 6) is 1.06. The molecule has 0 spiro atoms. The number of aryl methyl sites for hydroxylation is 1. The average molecular weight is 452 g/mol. The van der Waals surface area contributed by atoms with Crippen LogP contribution in [0.2, 0.25) is 0 Å². The van der Waals surface area contributed by atoms with E-state index in [1.54, 1.807) is 21.1 Å². The summed E-state index contributed by atoms with van der Waals surface area (Å²) in [6.07, 6.45) is 0. The number of hydrogen-bond acceptors (Lipinski definition) is 7. The van der Waals surface area contributed by atoms with Gasteiger partial charge in [0, 0.05) is 19.6 Å². The summed E-state index contributed by atoms with van der Waals surface area (Å²) in [4.78, 5) is 16.8. The molecule has 1 aliphatic heterocycles. The lowest BCUT2D eigenvalue weighted by molar-refractivity contribution is 0.0161. The van der Waals surface area contributed by atoms with Crippen LogP contribution in [0.25, 0.3) is 5.69 Å². The Morgan fingerprint density at radius 2 is 1.79 bits per heavy atom. The third-order valence-corrected chi connectivity index (χ3v) is 5.72. The number of nitrogens with one attached hydrogen (secondary N) is 1. The van der Waals surface area contributed by atoms with Crippen LogP contribution in [-0.4, -0.2) is 72.9 Å². The van der Waals surface area contributed by atoms with Gasteiger partial charge in [0.2, 0.25) is 0 Å². The highest BCUT2D eigenvalue weighted by atomic mass is 16.5. The van der Waals surface area contributed by atoms with E-state index >= 15 is 0 Å². The van der Waals surface area contributed by atoms with Crippen molar-refractivity contribution in [1.82, 2.24) is 25.2 Å². The number of rotatable bonds is 8.